The number of phenolic OH excluding ortho intramolecular Hbond substituents is 1. The number of aromatic hydroxyl groups is 1. The molecule has 0 heterocycles. The fourth-order valence-corrected chi connectivity index (χ4v) is 3.93. The van der Waals surface area contributed by atoms with E-state index < -0.39 is 41.6 Å². The number of methoxy groups -OCH3 is 1. The first kappa shape index (κ1) is 28.9. The first-order valence-corrected chi connectivity index (χ1v) is 12.3. The van der Waals surface area contributed by atoms with Gasteiger partial charge in [0, 0.05) is 6.04 Å². The van der Waals surface area contributed by atoms with Crippen LogP contribution < -0.4 is 10.6 Å². The van der Waals surface area contributed by atoms with Gasteiger partial charge in [0.15, 0.2) is 0 Å². The summed E-state index contributed by atoms with van der Waals surface area (Å²) in [6, 6.07) is 3.77. The Morgan fingerprint density at radius 3 is 2.19 bits per heavy atom. The highest BCUT2D eigenvalue weighted by atomic mass is 16.6. The molecule has 0 aromatic heterocycles. The standard InChI is InChI=1S/C26H39N3O7/c1-16(2)14-20(28-25(34)36-26(3,4)5)24(33)29(18-8-7-9-18)22(17-10-12-19(30)13-11-17)23(32)27-15-21(31)35-6/h10-13,16,18,20,22,30H,7-9,14-15H2,1-6H3,(H,27,32)(H,28,34). The largest absolute Gasteiger partial charge is 0.508 e. The fraction of sp³-hybridized carbons (Fsp3) is 0.615. The molecule has 1 aliphatic rings. The molecule has 0 radical (unpaired) electrons. The van der Waals surface area contributed by atoms with E-state index >= 15 is 0 Å². The summed E-state index contributed by atoms with van der Waals surface area (Å²) >= 11 is 0. The highest BCUT2D eigenvalue weighted by Crippen LogP contribution is 2.34. The van der Waals surface area contributed by atoms with Gasteiger partial charge < -0.3 is 30.1 Å². The van der Waals surface area contributed by atoms with Crippen molar-refractivity contribution in [3.05, 3.63) is 29.8 Å². The van der Waals surface area contributed by atoms with Crippen molar-refractivity contribution in [3.8, 4) is 5.75 Å². The number of esters is 1. The third-order valence-corrected chi connectivity index (χ3v) is 5.79. The quantitative estimate of drug-likeness (QED) is 0.416. The van der Waals surface area contributed by atoms with E-state index in [1.165, 1.54) is 24.1 Å². The van der Waals surface area contributed by atoms with Crippen LogP contribution in [0.15, 0.2) is 24.3 Å². The Morgan fingerprint density at radius 2 is 1.72 bits per heavy atom. The van der Waals surface area contributed by atoms with Crippen LogP contribution >= 0.6 is 0 Å². The summed E-state index contributed by atoms with van der Waals surface area (Å²) in [5, 5.41) is 15.0. The van der Waals surface area contributed by atoms with Crippen LogP contribution in [0.5, 0.6) is 5.75 Å². The maximum atomic E-state index is 14.0. The molecule has 10 nitrogen and oxygen atoms in total. The number of rotatable bonds is 10. The zero-order valence-electron chi connectivity index (χ0n) is 22.0. The second-order valence-electron chi connectivity index (χ2n) is 10.4. The van der Waals surface area contributed by atoms with E-state index in [-0.39, 0.29) is 24.3 Å². The Morgan fingerprint density at radius 1 is 1.11 bits per heavy atom. The third-order valence-electron chi connectivity index (χ3n) is 5.79. The van der Waals surface area contributed by atoms with Crippen LogP contribution in [0.25, 0.3) is 0 Å². The van der Waals surface area contributed by atoms with E-state index in [2.05, 4.69) is 15.4 Å². The summed E-state index contributed by atoms with van der Waals surface area (Å²) in [6.45, 7) is 8.72. The normalized spacial score (nSPS) is 15.3. The monoisotopic (exact) mass is 505 g/mol. The molecule has 1 aromatic carbocycles. The van der Waals surface area contributed by atoms with Crippen molar-refractivity contribution in [2.45, 2.75) is 84.0 Å². The van der Waals surface area contributed by atoms with Crippen molar-refractivity contribution in [1.29, 1.82) is 0 Å². The molecule has 0 spiro atoms. The predicted molar refractivity (Wildman–Crippen MR) is 133 cm³/mol. The number of carbonyl (C=O) groups is 4. The molecule has 0 bridgehead atoms. The van der Waals surface area contributed by atoms with E-state index in [4.69, 9.17) is 4.74 Å². The van der Waals surface area contributed by atoms with Crippen molar-refractivity contribution in [1.82, 2.24) is 15.5 Å². The smallest absolute Gasteiger partial charge is 0.408 e. The third kappa shape index (κ3) is 8.42. The maximum Gasteiger partial charge on any atom is 0.408 e. The molecular weight excluding hydrogens is 466 g/mol. The topological polar surface area (TPSA) is 134 Å². The van der Waals surface area contributed by atoms with E-state index in [0.29, 0.717) is 24.8 Å². The van der Waals surface area contributed by atoms with E-state index in [9.17, 15) is 24.3 Å². The second-order valence-corrected chi connectivity index (χ2v) is 10.4. The SMILES string of the molecule is COC(=O)CNC(=O)C(c1ccc(O)cc1)N(C(=O)C(CC(C)C)NC(=O)OC(C)(C)C)C1CCC1. The fourth-order valence-electron chi connectivity index (χ4n) is 3.93. The molecule has 200 valence electrons. The van der Waals surface area contributed by atoms with Crippen molar-refractivity contribution in [2.24, 2.45) is 5.92 Å². The number of nitrogens with zero attached hydrogens (tertiary/aromatic N) is 1. The minimum Gasteiger partial charge on any atom is -0.508 e. The molecular formula is C26H39N3O7. The van der Waals surface area contributed by atoms with Crippen molar-refractivity contribution in [2.75, 3.05) is 13.7 Å². The van der Waals surface area contributed by atoms with Crippen LogP contribution in [0.3, 0.4) is 0 Å². The highest BCUT2D eigenvalue weighted by Gasteiger charge is 2.42. The molecule has 1 fully saturated rings. The lowest BCUT2D eigenvalue weighted by Gasteiger charge is -2.43. The molecule has 0 aliphatic heterocycles. The van der Waals surface area contributed by atoms with Crippen molar-refractivity contribution in [3.63, 3.8) is 0 Å². The lowest BCUT2D eigenvalue weighted by Crippen LogP contribution is -2.58. The van der Waals surface area contributed by atoms with E-state index in [1.807, 2.05) is 13.8 Å². The Bertz CT molecular complexity index is 920. The zero-order valence-corrected chi connectivity index (χ0v) is 22.0. The van der Waals surface area contributed by atoms with Gasteiger partial charge in [-0.2, -0.15) is 0 Å². The zero-order chi connectivity index (χ0) is 27.0. The number of alkyl carbamates (subject to hydrolysis) is 1. The minimum atomic E-state index is -1.08. The predicted octanol–water partition coefficient (Wildman–Crippen LogP) is 3.04. The van der Waals surface area contributed by atoms with Crippen LogP contribution in [-0.2, 0) is 23.9 Å². The maximum absolute atomic E-state index is 14.0. The van der Waals surface area contributed by atoms with Gasteiger partial charge in [0.05, 0.1) is 7.11 Å². The van der Waals surface area contributed by atoms with Crippen LogP contribution in [0, 0.1) is 5.92 Å². The molecule has 0 saturated heterocycles. The van der Waals surface area contributed by atoms with Crippen LogP contribution in [0.1, 0.15) is 71.9 Å². The van der Waals surface area contributed by atoms with Gasteiger partial charge in [0.1, 0.15) is 30.0 Å². The molecule has 2 rings (SSSR count). The summed E-state index contributed by atoms with van der Waals surface area (Å²) in [5.74, 6) is -1.52. The minimum absolute atomic E-state index is 0.0123. The number of hydrogen-bond acceptors (Lipinski definition) is 7. The lowest BCUT2D eigenvalue weighted by molar-refractivity contribution is -0.148. The summed E-state index contributed by atoms with van der Waals surface area (Å²) in [7, 11) is 1.22. The first-order chi connectivity index (χ1) is 16.8. The van der Waals surface area contributed by atoms with Gasteiger partial charge in [-0.3, -0.25) is 14.4 Å². The molecule has 2 atom stereocenters. The number of nitrogens with one attached hydrogen (secondary N) is 2. The number of carbonyl (C=O) groups excluding carboxylic acids is 4. The molecule has 2 unspecified atom stereocenters. The van der Waals surface area contributed by atoms with Gasteiger partial charge in [-0.15, -0.1) is 0 Å². The molecule has 36 heavy (non-hydrogen) atoms. The van der Waals surface area contributed by atoms with E-state index in [1.54, 1.807) is 32.9 Å². The number of ether oxygens (including phenoxy) is 2. The lowest BCUT2D eigenvalue weighted by atomic mass is 9.87. The number of benzene rings is 1. The van der Waals surface area contributed by atoms with Gasteiger partial charge in [-0.05, 0) is 70.1 Å². The molecule has 1 aliphatic carbocycles. The summed E-state index contributed by atoms with van der Waals surface area (Å²) in [6.07, 6.45) is 1.92. The average molecular weight is 506 g/mol. The van der Waals surface area contributed by atoms with Gasteiger partial charge in [-0.1, -0.05) is 26.0 Å². The van der Waals surface area contributed by atoms with Crippen molar-refractivity contribution < 1.29 is 33.8 Å². The van der Waals surface area contributed by atoms with Gasteiger partial charge in [0.25, 0.3) is 0 Å². The molecule has 1 saturated carbocycles. The Hall–Kier alpha value is -3.30. The van der Waals surface area contributed by atoms with Crippen LogP contribution in [0.2, 0.25) is 0 Å². The molecule has 1 aromatic rings. The molecule has 3 N–H and O–H groups in total. The number of phenols is 1. The van der Waals surface area contributed by atoms with E-state index in [0.717, 1.165) is 6.42 Å². The Kier molecular flexibility index (Phi) is 10.1. The van der Waals surface area contributed by atoms with Gasteiger partial charge >= 0.3 is 12.1 Å². The Labute approximate surface area is 212 Å². The Balaban J connectivity index is 2.45. The average Bonchev–Trinajstić information content (AvgIpc) is 2.74. The summed E-state index contributed by atoms with van der Waals surface area (Å²) in [4.78, 5) is 53.2. The van der Waals surface area contributed by atoms with Gasteiger partial charge in [-0.25, -0.2) is 4.79 Å². The number of amides is 3. The number of hydrogen-bond donors (Lipinski definition) is 3. The van der Waals surface area contributed by atoms with Gasteiger partial charge in [0.2, 0.25) is 11.8 Å². The first-order valence-electron chi connectivity index (χ1n) is 12.3. The molecule has 10 heteroatoms. The van der Waals surface area contributed by atoms with Crippen LogP contribution in [-0.4, -0.2) is 65.2 Å². The van der Waals surface area contributed by atoms with Crippen molar-refractivity contribution >= 4 is 23.9 Å². The summed E-state index contributed by atoms with van der Waals surface area (Å²) in [5.41, 5.74) is -0.276. The molecule has 3 amide bonds. The van der Waals surface area contributed by atoms with Crippen LogP contribution in [0.4, 0.5) is 4.79 Å². The second kappa shape index (κ2) is 12.6. The summed E-state index contributed by atoms with van der Waals surface area (Å²) < 4.78 is 10.0. The highest BCUT2D eigenvalue weighted by molar-refractivity contribution is 5.93.